The Hall–Kier alpha value is -3.55. The monoisotopic (exact) mass is 387 g/mol. The Morgan fingerprint density at radius 3 is 2.00 bits per heavy atom. The fourth-order valence-electron chi connectivity index (χ4n) is 3.00. The Labute approximate surface area is 162 Å². The van der Waals surface area contributed by atoms with Crippen molar-refractivity contribution in [2.75, 3.05) is 35.5 Å². The van der Waals surface area contributed by atoms with Gasteiger partial charge in [0.15, 0.2) is 28.8 Å². The van der Waals surface area contributed by atoms with Crippen LogP contribution in [0.5, 0.6) is 34.5 Å². The van der Waals surface area contributed by atoms with E-state index in [0.29, 0.717) is 51.2 Å². The van der Waals surface area contributed by atoms with Gasteiger partial charge in [0.05, 0.1) is 47.3 Å². The Balaban J connectivity index is 2.24. The Kier molecular flexibility index (Phi) is 5.49. The molecule has 0 aliphatic rings. The Bertz CT molecular complexity index is 981. The van der Waals surface area contributed by atoms with Crippen LogP contribution in [0, 0.1) is 0 Å². The Morgan fingerprint density at radius 2 is 1.43 bits per heavy atom. The number of aromatic nitrogens is 1. The van der Waals surface area contributed by atoms with Gasteiger partial charge in [-0.15, -0.1) is 0 Å². The zero-order chi connectivity index (χ0) is 20.3. The zero-order valence-corrected chi connectivity index (χ0v) is 16.2. The van der Waals surface area contributed by atoms with Crippen molar-refractivity contribution in [3.05, 3.63) is 30.5 Å². The summed E-state index contributed by atoms with van der Waals surface area (Å²) in [6.45, 7) is 0. The van der Waals surface area contributed by atoms with Gasteiger partial charge in [-0.05, 0) is 24.3 Å². The number of phenols is 1. The van der Waals surface area contributed by atoms with E-state index in [-0.39, 0.29) is 5.75 Å². The molecule has 1 aromatic heterocycles. The summed E-state index contributed by atoms with van der Waals surface area (Å²) in [5, 5.41) is 14.0. The lowest BCUT2D eigenvalue weighted by atomic mass is 10.00. The summed E-state index contributed by atoms with van der Waals surface area (Å²) >= 11 is 0. The van der Waals surface area contributed by atoms with E-state index in [1.807, 2.05) is 0 Å². The van der Waals surface area contributed by atoms with Gasteiger partial charge in [-0.1, -0.05) is 5.16 Å². The van der Waals surface area contributed by atoms with Gasteiger partial charge in [0, 0.05) is 11.1 Å². The summed E-state index contributed by atoms with van der Waals surface area (Å²) in [7, 11) is 7.57. The molecule has 0 spiro atoms. The molecule has 8 heteroatoms. The molecule has 0 saturated carbocycles. The van der Waals surface area contributed by atoms with Crippen molar-refractivity contribution in [2.45, 2.75) is 0 Å². The molecule has 3 rings (SSSR count). The lowest BCUT2D eigenvalue weighted by Crippen LogP contribution is -2.00. The minimum atomic E-state index is -0.0146. The highest BCUT2D eigenvalue weighted by atomic mass is 16.5. The largest absolute Gasteiger partial charge is 0.504 e. The first-order valence-corrected chi connectivity index (χ1v) is 8.28. The average molecular weight is 387 g/mol. The third-order valence-corrected chi connectivity index (χ3v) is 4.29. The van der Waals surface area contributed by atoms with E-state index in [0.717, 1.165) is 0 Å². The molecular weight excluding hydrogens is 366 g/mol. The number of hydrogen-bond acceptors (Lipinski definition) is 8. The third-order valence-electron chi connectivity index (χ3n) is 4.29. The lowest BCUT2D eigenvalue weighted by molar-refractivity contribution is 0.306. The highest BCUT2D eigenvalue weighted by Gasteiger charge is 2.26. The minimum Gasteiger partial charge on any atom is -0.504 e. The van der Waals surface area contributed by atoms with Crippen molar-refractivity contribution in [1.82, 2.24) is 5.16 Å². The lowest BCUT2D eigenvalue weighted by Gasteiger charge is -2.18. The number of ether oxygens (including phenoxy) is 5. The maximum Gasteiger partial charge on any atom is 0.207 e. The van der Waals surface area contributed by atoms with Crippen molar-refractivity contribution in [1.29, 1.82) is 0 Å². The second kappa shape index (κ2) is 7.99. The normalized spacial score (nSPS) is 10.5. The fraction of sp³-hybridized carbons (Fsp3) is 0.250. The van der Waals surface area contributed by atoms with Crippen LogP contribution in [-0.4, -0.2) is 45.8 Å². The van der Waals surface area contributed by atoms with Gasteiger partial charge in [-0.3, -0.25) is 0 Å². The number of phenolic OH excluding ortho intramolecular Hbond substituents is 1. The number of nitrogens with zero attached hydrogens (tertiary/aromatic N) is 1. The van der Waals surface area contributed by atoms with Crippen LogP contribution in [0.25, 0.3) is 22.5 Å². The second-order valence-electron chi connectivity index (χ2n) is 5.68. The van der Waals surface area contributed by atoms with Crippen LogP contribution in [-0.2, 0) is 0 Å². The molecule has 1 heterocycles. The van der Waals surface area contributed by atoms with Gasteiger partial charge in [-0.2, -0.15) is 0 Å². The molecule has 0 aliphatic heterocycles. The van der Waals surface area contributed by atoms with Crippen molar-refractivity contribution in [2.24, 2.45) is 0 Å². The summed E-state index contributed by atoms with van der Waals surface area (Å²) in [6, 6.07) is 6.68. The molecule has 28 heavy (non-hydrogen) atoms. The number of methoxy groups -OCH3 is 5. The maximum absolute atomic E-state index is 10.1. The molecule has 0 atom stereocenters. The first kappa shape index (κ1) is 19.2. The highest BCUT2D eigenvalue weighted by molar-refractivity contribution is 5.87. The van der Waals surface area contributed by atoms with Gasteiger partial charge < -0.3 is 33.3 Å². The molecule has 0 fully saturated rings. The number of rotatable bonds is 7. The van der Waals surface area contributed by atoms with Gasteiger partial charge in [0.25, 0.3) is 0 Å². The van der Waals surface area contributed by atoms with Gasteiger partial charge in [0.1, 0.15) is 0 Å². The van der Waals surface area contributed by atoms with Crippen molar-refractivity contribution >= 4 is 0 Å². The second-order valence-corrected chi connectivity index (χ2v) is 5.68. The summed E-state index contributed by atoms with van der Waals surface area (Å²) in [5.41, 5.74) is 1.87. The fourth-order valence-corrected chi connectivity index (χ4v) is 3.00. The smallest absolute Gasteiger partial charge is 0.207 e. The first-order chi connectivity index (χ1) is 13.6. The number of aromatic hydroxyl groups is 1. The molecule has 0 aliphatic carbocycles. The van der Waals surface area contributed by atoms with Crippen molar-refractivity contribution in [3.63, 3.8) is 0 Å². The molecule has 1 N–H and O–H groups in total. The van der Waals surface area contributed by atoms with Crippen LogP contribution in [0.1, 0.15) is 0 Å². The van der Waals surface area contributed by atoms with Gasteiger partial charge in [0.2, 0.25) is 11.5 Å². The third kappa shape index (κ3) is 3.13. The molecule has 0 saturated heterocycles. The van der Waals surface area contributed by atoms with Gasteiger partial charge >= 0.3 is 0 Å². The zero-order valence-electron chi connectivity index (χ0n) is 16.2. The summed E-state index contributed by atoms with van der Waals surface area (Å²) in [4.78, 5) is 0. The topological polar surface area (TPSA) is 92.4 Å². The van der Waals surface area contributed by atoms with Crippen molar-refractivity contribution < 1.29 is 33.3 Å². The predicted octanol–water partition coefficient (Wildman–Crippen LogP) is 3.76. The molecule has 0 unspecified atom stereocenters. The Morgan fingerprint density at radius 1 is 0.750 bits per heavy atom. The highest BCUT2D eigenvalue weighted by Crippen LogP contribution is 2.51. The molecule has 148 valence electrons. The standard InChI is InChI=1S/C20H21NO7/c1-23-15-7-6-11(8-14(15)22)17-13(10-21-28-17)12-9-16(24-2)19(26-4)20(27-5)18(12)25-3/h6-10,22H,1-5H3. The van der Waals surface area contributed by atoms with Crippen LogP contribution in [0.15, 0.2) is 35.0 Å². The van der Waals surface area contributed by atoms with E-state index in [1.54, 1.807) is 24.4 Å². The van der Waals surface area contributed by atoms with E-state index in [1.165, 1.54) is 41.6 Å². The number of hydrogen-bond donors (Lipinski definition) is 1. The molecule has 0 amide bonds. The minimum absolute atomic E-state index is 0.0146. The predicted molar refractivity (Wildman–Crippen MR) is 102 cm³/mol. The van der Waals surface area contributed by atoms with Crippen LogP contribution in [0.2, 0.25) is 0 Å². The van der Waals surface area contributed by atoms with Gasteiger partial charge in [-0.25, -0.2) is 0 Å². The molecule has 0 bridgehead atoms. The summed E-state index contributed by atoms with van der Waals surface area (Å²) < 4.78 is 32.5. The number of benzene rings is 2. The van der Waals surface area contributed by atoms with E-state index < -0.39 is 0 Å². The maximum atomic E-state index is 10.1. The van der Waals surface area contributed by atoms with E-state index in [2.05, 4.69) is 5.16 Å². The molecule has 8 nitrogen and oxygen atoms in total. The molecular formula is C20H21NO7. The van der Waals surface area contributed by atoms with Crippen LogP contribution >= 0.6 is 0 Å². The summed E-state index contributed by atoms with van der Waals surface area (Å²) in [6.07, 6.45) is 1.56. The molecule has 3 aromatic rings. The average Bonchev–Trinajstić information content (AvgIpc) is 3.21. The van der Waals surface area contributed by atoms with E-state index in [4.69, 9.17) is 28.2 Å². The molecule has 0 radical (unpaired) electrons. The van der Waals surface area contributed by atoms with Crippen LogP contribution < -0.4 is 23.7 Å². The summed E-state index contributed by atoms with van der Waals surface area (Å²) in [5.74, 6) is 2.46. The SMILES string of the molecule is COc1ccc(-c2oncc2-c2cc(OC)c(OC)c(OC)c2OC)cc1O. The van der Waals surface area contributed by atoms with E-state index >= 15 is 0 Å². The quantitative estimate of drug-likeness (QED) is 0.655. The van der Waals surface area contributed by atoms with E-state index in [9.17, 15) is 5.11 Å². The van der Waals surface area contributed by atoms with Crippen LogP contribution in [0.3, 0.4) is 0 Å². The first-order valence-electron chi connectivity index (χ1n) is 8.28. The van der Waals surface area contributed by atoms with Crippen LogP contribution in [0.4, 0.5) is 0 Å². The molecule has 2 aromatic carbocycles. The van der Waals surface area contributed by atoms with Crippen molar-refractivity contribution in [3.8, 4) is 56.9 Å².